The van der Waals surface area contributed by atoms with Crippen LogP contribution in [-0.4, -0.2) is 30.6 Å². The van der Waals surface area contributed by atoms with E-state index in [9.17, 15) is 9.59 Å². The first kappa shape index (κ1) is 19.5. The number of aromatic carboxylic acids is 1. The lowest BCUT2D eigenvalue weighted by atomic mass is 9.99. The average Bonchev–Trinajstić information content (AvgIpc) is 2.63. The van der Waals surface area contributed by atoms with Crippen LogP contribution in [0.1, 0.15) is 34.0 Å². The van der Waals surface area contributed by atoms with Crippen LogP contribution in [0.2, 0.25) is 0 Å². The number of carbonyl (C=O) groups is 2. The Kier molecular flexibility index (Phi) is 6.78. The fourth-order valence-electron chi connectivity index (χ4n) is 2.75. The lowest BCUT2D eigenvalue weighted by molar-refractivity contribution is -0.124. The highest BCUT2D eigenvalue weighted by atomic mass is 16.5. The minimum absolute atomic E-state index is 0.00620. The van der Waals surface area contributed by atoms with Crippen LogP contribution in [0.5, 0.6) is 5.75 Å². The summed E-state index contributed by atoms with van der Waals surface area (Å²) in [5, 5.41) is 12.0. The van der Waals surface area contributed by atoms with Crippen LogP contribution in [0, 0.1) is 12.8 Å². The summed E-state index contributed by atoms with van der Waals surface area (Å²) >= 11 is 0. The van der Waals surface area contributed by atoms with Crippen LogP contribution in [0.25, 0.3) is 0 Å². The number of ether oxygens (including phenoxy) is 1. The van der Waals surface area contributed by atoms with Crippen LogP contribution in [0.4, 0.5) is 0 Å². The molecule has 0 aliphatic rings. The first-order valence-corrected chi connectivity index (χ1v) is 8.64. The number of rotatable bonds is 8. The van der Waals surface area contributed by atoms with E-state index in [1.165, 1.54) is 18.7 Å². The maximum Gasteiger partial charge on any atom is 0.335 e. The van der Waals surface area contributed by atoms with Gasteiger partial charge in [-0.05, 0) is 43.0 Å². The van der Waals surface area contributed by atoms with Gasteiger partial charge in [0.1, 0.15) is 5.75 Å². The number of amides is 1. The summed E-state index contributed by atoms with van der Waals surface area (Å²) in [6.45, 7) is 4.43. The first-order chi connectivity index (χ1) is 12.4. The van der Waals surface area contributed by atoms with Crippen LogP contribution >= 0.6 is 0 Å². The van der Waals surface area contributed by atoms with Gasteiger partial charge < -0.3 is 15.2 Å². The summed E-state index contributed by atoms with van der Waals surface area (Å²) < 4.78 is 5.25. The predicted octanol–water partition coefficient (Wildman–Crippen LogP) is 3.24. The molecule has 0 aliphatic carbocycles. The predicted molar refractivity (Wildman–Crippen MR) is 101 cm³/mol. The fraction of sp³-hybridized carbons (Fsp3) is 0.333. The molecule has 0 saturated carbocycles. The summed E-state index contributed by atoms with van der Waals surface area (Å²) in [5.41, 5.74) is 3.39. The minimum atomic E-state index is -0.993. The second kappa shape index (κ2) is 9.04. The zero-order chi connectivity index (χ0) is 19.1. The largest absolute Gasteiger partial charge is 0.496 e. The highest BCUT2D eigenvalue weighted by Crippen LogP contribution is 2.20. The Morgan fingerprint density at radius 2 is 1.85 bits per heavy atom. The minimum Gasteiger partial charge on any atom is -0.496 e. The second-order valence-electron chi connectivity index (χ2n) is 6.46. The van der Waals surface area contributed by atoms with E-state index in [1.54, 1.807) is 12.1 Å². The number of methoxy groups -OCH3 is 1. The van der Waals surface area contributed by atoms with Crippen molar-refractivity contribution >= 4 is 11.9 Å². The Bertz CT molecular complexity index is 768. The summed E-state index contributed by atoms with van der Waals surface area (Å²) in [7, 11) is 1.51. The third kappa shape index (κ3) is 5.34. The number of carboxylic acids is 1. The van der Waals surface area contributed by atoms with Crippen molar-refractivity contribution in [1.29, 1.82) is 0 Å². The van der Waals surface area contributed by atoms with Crippen molar-refractivity contribution in [3.8, 4) is 5.75 Å². The summed E-state index contributed by atoms with van der Waals surface area (Å²) in [5.74, 6) is -0.583. The molecule has 0 aliphatic heterocycles. The smallest absolute Gasteiger partial charge is 0.335 e. The van der Waals surface area contributed by atoms with Crippen LogP contribution < -0.4 is 10.1 Å². The molecule has 5 heteroatoms. The zero-order valence-corrected chi connectivity index (χ0v) is 15.4. The van der Waals surface area contributed by atoms with Gasteiger partial charge in [-0.3, -0.25) is 4.79 Å². The molecule has 2 aromatic carbocycles. The monoisotopic (exact) mass is 355 g/mol. The number of hydrogen-bond donors (Lipinski definition) is 2. The molecule has 2 N–H and O–H groups in total. The number of carbonyl (C=O) groups excluding carboxylic acids is 1. The molecule has 138 valence electrons. The molecule has 5 nitrogen and oxygen atoms in total. The van der Waals surface area contributed by atoms with Crippen molar-refractivity contribution in [3.05, 3.63) is 64.7 Å². The normalized spacial score (nSPS) is 11.7. The molecular formula is C21H25NO4. The Labute approximate surface area is 154 Å². The quantitative estimate of drug-likeness (QED) is 0.762. The van der Waals surface area contributed by atoms with E-state index in [0.717, 1.165) is 11.1 Å². The number of nitrogens with one attached hydrogen (secondary N) is 1. The molecule has 0 bridgehead atoms. The maximum absolute atomic E-state index is 12.3. The van der Waals surface area contributed by atoms with Gasteiger partial charge in [0.2, 0.25) is 5.91 Å². The standard InChI is InChI=1S/C21H25NO4/c1-14-4-6-16(7-5-14)12-15(2)20(23)22-11-10-17-8-9-18(21(24)25)13-19(17)26-3/h4-9,13,15H,10-12H2,1-3H3,(H,22,23)(H,24,25). The van der Waals surface area contributed by atoms with Crippen molar-refractivity contribution in [2.45, 2.75) is 26.7 Å². The Balaban J connectivity index is 1.87. The van der Waals surface area contributed by atoms with Gasteiger partial charge in [-0.25, -0.2) is 4.79 Å². The van der Waals surface area contributed by atoms with Gasteiger partial charge in [0, 0.05) is 12.5 Å². The number of hydrogen-bond acceptors (Lipinski definition) is 3. The Hall–Kier alpha value is -2.82. The molecule has 26 heavy (non-hydrogen) atoms. The molecule has 2 rings (SSSR count). The SMILES string of the molecule is COc1cc(C(=O)O)ccc1CCNC(=O)C(C)Cc1ccc(C)cc1. The zero-order valence-electron chi connectivity index (χ0n) is 15.4. The van der Waals surface area contributed by atoms with Crippen molar-refractivity contribution in [2.24, 2.45) is 5.92 Å². The molecule has 1 atom stereocenters. The van der Waals surface area contributed by atoms with Gasteiger partial charge in [0.05, 0.1) is 12.7 Å². The van der Waals surface area contributed by atoms with Crippen LogP contribution in [-0.2, 0) is 17.6 Å². The van der Waals surface area contributed by atoms with Gasteiger partial charge in [-0.1, -0.05) is 42.8 Å². The van der Waals surface area contributed by atoms with E-state index < -0.39 is 5.97 Å². The van der Waals surface area contributed by atoms with Gasteiger partial charge in [0.25, 0.3) is 0 Å². The number of benzene rings is 2. The summed E-state index contributed by atoms with van der Waals surface area (Å²) in [4.78, 5) is 23.3. The Morgan fingerprint density at radius 3 is 2.46 bits per heavy atom. The highest BCUT2D eigenvalue weighted by Gasteiger charge is 2.14. The van der Waals surface area contributed by atoms with Gasteiger partial charge in [0.15, 0.2) is 0 Å². The van der Waals surface area contributed by atoms with Gasteiger partial charge >= 0.3 is 5.97 Å². The lowest BCUT2D eigenvalue weighted by Gasteiger charge is -2.14. The van der Waals surface area contributed by atoms with Crippen LogP contribution in [0.3, 0.4) is 0 Å². The van der Waals surface area contributed by atoms with Crippen molar-refractivity contribution in [1.82, 2.24) is 5.32 Å². The Morgan fingerprint density at radius 1 is 1.15 bits per heavy atom. The van der Waals surface area contributed by atoms with Gasteiger partial charge in [-0.2, -0.15) is 0 Å². The molecule has 0 spiro atoms. The third-order valence-corrected chi connectivity index (χ3v) is 4.34. The molecule has 0 radical (unpaired) electrons. The molecule has 0 saturated heterocycles. The maximum atomic E-state index is 12.3. The molecule has 1 unspecified atom stereocenters. The molecular weight excluding hydrogens is 330 g/mol. The topological polar surface area (TPSA) is 75.6 Å². The molecule has 0 heterocycles. The van der Waals surface area contributed by atoms with E-state index in [0.29, 0.717) is 25.1 Å². The van der Waals surface area contributed by atoms with E-state index in [-0.39, 0.29) is 17.4 Å². The highest BCUT2D eigenvalue weighted by molar-refractivity contribution is 5.88. The van der Waals surface area contributed by atoms with Crippen LogP contribution in [0.15, 0.2) is 42.5 Å². The number of carboxylic acid groups (broad SMARTS) is 1. The summed E-state index contributed by atoms with van der Waals surface area (Å²) in [6, 6.07) is 13.0. The third-order valence-electron chi connectivity index (χ3n) is 4.34. The van der Waals surface area contributed by atoms with E-state index in [2.05, 4.69) is 5.32 Å². The number of aryl methyl sites for hydroxylation is 1. The van der Waals surface area contributed by atoms with Crippen molar-refractivity contribution in [2.75, 3.05) is 13.7 Å². The molecule has 2 aromatic rings. The van der Waals surface area contributed by atoms with E-state index in [4.69, 9.17) is 9.84 Å². The second-order valence-corrected chi connectivity index (χ2v) is 6.46. The summed E-state index contributed by atoms with van der Waals surface area (Å²) in [6.07, 6.45) is 1.27. The molecule has 0 aromatic heterocycles. The van der Waals surface area contributed by atoms with E-state index in [1.807, 2.05) is 38.1 Å². The first-order valence-electron chi connectivity index (χ1n) is 8.64. The van der Waals surface area contributed by atoms with Crippen molar-refractivity contribution < 1.29 is 19.4 Å². The molecule has 0 fully saturated rings. The van der Waals surface area contributed by atoms with E-state index >= 15 is 0 Å². The van der Waals surface area contributed by atoms with Gasteiger partial charge in [-0.15, -0.1) is 0 Å². The average molecular weight is 355 g/mol. The molecule has 1 amide bonds. The lowest BCUT2D eigenvalue weighted by Crippen LogP contribution is -2.32. The van der Waals surface area contributed by atoms with Crippen molar-refractivity contribution in [3.63, 3.8) is 0 Å². The fourth-order valence-corrected chi connectivity index (χ4v) is 2.75.